The molecule has 3 aromatic rings. The monoisotopic (exact) mass is 246 g/mol. The van der Waals surface area contributed by atoms with Crippen LogP contribution in [0.1, 0.15) is 11.7 Å². The smallest absolute Gasteiger partial charge is 0.245 e. The molecular formula is C11H10N4OS. The summed E-state index contributed by atoms with van der Waals surface area (Å²) in [6, 6.07) is 4.05. The van der Waals surface area contributed by atoms with Crippen LogP contribution in [0.2, 0.25) is 0 Å². The van der Waals surface area contributed by atoms with E-state index in [1.54, 1.807) is 24.5 Å². The van der Waals surface area contributed by atoms with Crippen molar-refractivity contribution in [2.24, 2.45) is 0 Å². The normalized spacial score (nSPS) is 10.9. The van der Waals surface area contributed by atoms with Gasteiger partial charge in [-0.25, -0.2) is 4.98 Å². The van der Waals surface area contributed by atoms with E-state index in [9.17, 15) is 0 Å². The summed E-state index contributed by atoms with van der Waals surface area (Å²) < 4.78 is 6.24. The zero-order valence-corrected chi connectivity index (χ0v) is 9.99. The van der Waals surface area contributed by atoms with Crippen LogP contribution >= 0.6 is 11.3 Å². The molecule has 3 heterocycles. The second kappa shape index (κ2) is 4.14. The summed E-state index contributed by atoms with van der Waals surface area (Å²) in [5, 5.41) is 10.1. The van der Waals surface area contributed by atoms with Crippen LogP contribution in [0.4, 0.5) is 5.82 Å². The summed E-state index contributed by atoms with van der Waals surface area (Å²) in [5.41, 5.74) is 0. The van der Waals surface area contributed by atoms with Crippen LogP contribution in [0.3, 0.4) is 0 Å². The third-order valence-corrected chi connectivity index (χ3v) is 3.24. The molecule has 0 radical (unpaired) electrons. The van der Waals surface area contributed by atoms with E-state index in [1.807, 2.05) is 17.5 Å². The molecule has 0 aromatic carbocycles. The molecule has 0 saturated heterocycles. The van der Waals surface area contributed by atoms with Crippen LogP contribution in [0.15, 0.2) is 28.2 Å². The van der Waals surface area contributed by atoms with Gasteiger partial charge in [-0.2, -0.15) is 4.98 Å². The van der Waals surface area contributed by atoms with Crippen LogP contribution in [0.5, 0.6) is 0 Å². The van der Waals surface area contributed by atoms with Crippen LogP contribution in [0, 0.1) is 6.92 Å². The van der Waals surface area contributed by atoms with Crippen molar-refractivity contribution in [2.75, 3.05) is 5.32 Å². The van der Waals surface area contributed by atoms with Gasteiger partial charge < -0.3 is 9.84 Å². The number of pyridine rings is 1. The Morgan fingerprint density at radius 2 is 2.35 bits per heavy atom. The van der Waals surface area contributed by atoms with Gasteiger partial charge in [-0.1, -0.05) is 5.16 Å². The lowest BCUT2D eigenvalue weighted by Crippen LogP contribution is -2.01. The second-order valence-electron chi connectivity index (χ2n) is 3.58. The van der Waals surface area contributed by atoms with Crippen molar-refractivity contribution in [3.8, 4) is 0 Å². The average molecular weight is 246 g/mol. The van der Waals surface area contributed by atoms with Gasteiger partial charge >= 0.3 is 0 Å². The van der Waals surface area contributed by atoms with Gasteiger partial charge in [0.1, 0.15) is 5.82 Å². The van der Waals surface area contributed by atoms with Crippen LogP contribution in [0.25, 0.3) is 10.1 Å². The third kappa shape index (κ3) is 1.99. The number of anilines is 1. The number of aromatic nitrogens is 3. The molecule has 0 spiro atoms. The molecule has 0 aliphatic rings. The molecule has 3 aromatic heterocycles. The highest BCUT2D eigenvalue weighted by atomic mass is 32.1. The quantitative estimate of drug-likeness (QED) is 0.769. The van der Waals surface area contributed by atoms with Crippen molar-refractivity contribution < 1.29 is 4.52 Å². The summed E-state index contributed by atoms with van der Waals surface area (Å²) in [6.07, 6.45) is 1.79. The maximum absolute atomic E-state index is 5.03. The highest BCUT2D eigenvalue weighted by molar-refractivity contribution is 7.17. The molecule has 0 amide bonds. The Bertz CT molecular complexity index is 646. The van der Waals surface area contributed by atoms with Crippen molar-refractivity contribution in [3.05, 3.63) is 35.4 Å². The molecule has 6 heteroatoms. The largest absolute Gasteiger partial charge is 0.360 e. The van der Waals surface area contributed by atoms with Gasteiger partial charge in [0.05, 0.1) is 6.54 Å². The Balaban J connectivity index is 1.83. The number of fused-ring (bicyclic) bond motifs is 1. The van der Waals surface area contributed by atoms with E-state index in [1.165, 1.54) is 4.70 Å². The number of nitrogens with zero attached hydrogens (tertiary/aromatic N) is 3. The molecule has 17 heavy (non-hydrogen) atoms. The summed E-state index contributed by atoms with van der Waals surface area (Å²) >= 11 is 1.70. The topological polar surface area (TPSA) is 63.8 Å². The fraction of sp³-hybridized carbons (Fsp3) is 0.182. The lowest BCUT2D eigenvalue weighted by Gasteiger charge is -2.03. The highest BCUT2D eigenvalue weighted by Gasteiger charge is 2.06. The van der Waals surface area contributed by atoms with Gasteiger partial charge in [-0.15, -0.1) is 11.3 Å². The lowest BCUT2D eigenvalue weighted by molar-refractivity contribution is 0.379. The van der Waals surface area contributed by atoms with E-state index in [-0.39, 0.29) is 0 Å². The Labute approximate surface area is 101 Å². The van der Waals surface area contributed by atoms with Gasteiger partial charge in [0, 0.05) is 16.3 Å². The van der Waals surface area contributed by atoms with Crippen molar-refractivity contribution >= 4 is 27.2 Å². The van der Waals surface area contributed by atoms with Gasteiger partial charge in [-0.3, -0.25) is 0 Å². The first-order valence-electron chi connectivity index (χ1n) is 5.18. The number of aryl methyl sites for hydroxylation is 1. The molecule has 5 nitrogen and oxygen atoms in total. The summed E-state index contributed by atoms with van der Waals surface area (Å²) in [4.78, 5) is 8.43. The Kier molecular flexibility index (Phi) is 2.49. The number of rotatable bonds is 3. The Morgan fingerprint density at radius 1 is 1.41 bits per heavy atom. The van der Waals surface area contributed by atoms with Gasteiger partial charge in [0.25, 0.3) is 0 Å². The molecule has 0 unspecified atom stereocenters. The van der Waals surface area contributed by atoms with Gasteiger partial charge in [0.2, 0.25) is 5.89 Å². The van der Waals surface area contributed by atoms with Crippen LogP contribution in [-0.4, -0.2) is 15.1 Å². The van der Waals surface area contributed by atoms with E-state index < -0.39 is 0 Å². The van der Waals surface area contributed by atoms with E-state index in [2.05, 4.69) is 20.4 Å². The van der Waals surface area contributed by atoms with Crippen molar-refractivity contribution in [2.45, 2.75) is 13.5 Å². The Morgan fingerprint density at radius 3 is 3.18 bits per heavy atom. The molecule has 0 bridgehead atoms. The number of thiophene rings is 1. The maximum Gasteiger partial charge on any atom is 0.245 e. The van der Waals surface area contributed by atoms with Crippen LogP contribution in [-0.2, 0) is 6.54 Å². The average Bonchev–Trinajstić information content (AvgIpc) is 2.94. The first-order chi connectivity index (χ1) is 8.33. The fourth-order valence-corrected chi connectivity index (χ4v) is 2.39. The second-order valence-corrected chi connectivity index (χ2v) is 4.53. The minimum absolute atomic E-state index is 0.489. The molecule has 86 valence electrons. The first-order valence-corrected chi connectivity index (χ1v) is 6.06. The highest BCUT2D eigenvalue weighted by Crippen LogP contribution is 2.25. The molecular weight excluding hydrogens is 236 g/mol. The van der Waals surface area contributed by atoms with Crippen molar-refractivity contribution in [1.29, 1.82) is 0 Å². The first kappa shape index (κ1) is 10.2. The fourth-order valence-electron chi connectivity index (χ4n) is 1.61. The predicted molar refractivity (Wildman–Crippen MR) is 66.0 cm³/mol. The number of hydrogen-bond donors (Lipinski definition) is 1. The van der Waals surface area contributed by atoms with E-state index in [0.29, 0.717) is 18.3 Å². The lowest BCUT2D eigenvalue weighted by atomic mass is 10.3. The number of nitrogens with one attached hydrogen (secondary N) is 1. The summed E-state index contributed by atoms with van der Waals surface area (Å²) in [6.45, 7) is 2.29. The van der Waals surface area contributed by atoms with E-state index >= 15 is 0 Å². The zero-order chi connectivity index (χ0) is 11.7. The van der Waals surface area contributed by atoms with Crippen molar-refractivity contribution in [1.82, 2.24) is 15.1 Å². The molecule has 1 N–H and O–H groups in total. The van der Waals surface area contributed by atoms with Crippen molar-refractivity contribution in [3.63, 3.8) is 0 Å². The van der Waals surface area contributed by atoms with Gasteiger partial charge in [-0.05, 0) is 24.4 Å². The standard InChI is InChI=1S/C11H10N4OS/c1-7-14-10(16-15-7)6-13-11-8-3-5-17-9(8)2-4-12-11/h2-5H,6H2,1H3,(H,12,13). The predicted octanol–water partition coefficient (Wildman–Crippen LogP) is 2.60. The third-order valence-electron chi connectivity index (χ3n) is 2.36. The summed E-state index contributed by atoms with van der Waals surface area (Å²) in [7, 11) is 0. The molecule has 0 atom stereocenters. The number of hydrogen-bond acceptors (Lipinski definition) is 6. The van der Waals surface area contributed by atoms with E-state index in [4.69, 9.17) is 4.52 Å². The summed E-state index contributed by atoms with van der Waals surface area (Å²) in [5.74, 6) is 2.06. The SMILES string of the molecule is Cc1noc(CNc2nccc3sccc23)n1. The molecule has 0 aliphatic heterocycles. The molecule has 3 rings (SSSR count). The maximum atomic E-state index is 5.03. The zero-order valence-electron chi connectivity index (χ0n) is 9.17. The molecule has 0 fully saturated rings. The van der Waals surface area contributed by atoms with Crippen LogP contribution < -0.4 is 5.32 Å². The minimum atomic E-state index is 0.489. The molecule has 0 aliphatic carbocycles. The van der Waals surface area contributed by atoms with E-state index in [0.717, 1.165) is 11.2 Å². The van der Waals surface area contributed by atoms with Gasteiger partial charge in [0.15, 0.2) is 5.82 Å². The Hall–Kier alpha value is -1.95. The minimum Gasteiger partial charge on any atom is -0.360 e. The molecule has 0 saturated carbocycles.